The Morgan fingerprint density at radius 3 is 2.24 bits per heavy atom. The Bertz CT molecular complexity index is 2820. The van der Waals surface area contributed by atoms with Crippen molar-refractivity contribution < 1.29 is 4.42 Å². The van der Waals surface area contributed by atoms with Crippen molar-refractivity contribution in [2.24, 2.45) is 11.8 Å². The second kappa shape index (κ2) is 10.5. The Hall–Kier alpha value is -6.05. The van der Waals surface area contributed by atoms with E-state index < -0.39 is 0 Å². The van der Waals surface area contributed by atoms with E-state index in [9.17, 15) is 5.26 Å². The van der Waals surface area contributed by atoms with Gasteiger partial charge in [0.05, 0.1) is 28.2 Å². The molecule has 0 aliphatic heterocycles. The second-order valence-corrected chi connectivity index (χ2v) is 13.8. The summed E-state index contributed by atoms with van der Waals surface area (Å²) in [5.74, 6) is 0.947. The molecule has 3 aromatic heterocycles. The van der Waals surface area contributed by atoms with E-state index in [1.54, 1.807) is 0 Å². The minimum Gasteiger partial charge on any atom is -0.456 e. The van der Waals surface area contributed by atoms with Crippen LogP contribution in [0.5, 0.6) is 0 Å². The highest BCUT2D eigenvalue weighted by Gasteiger charge is 2.27. The molecular weight excluding hydrogens is 599 g/mol. The van der Waals surface area contributed by atoms with E-state index in [0.717, 1.165) is 40.5 Å². The molecule has 2 unspecified atom stereocenters. The summed E-state index contributed by atoms with van der Waals surface area (Å²) in [5, 5.41) is 15.3. The first-order chi connectivity index (χ1) is 24.1. The van der Waals surface area contributed by atoms with Crippen molar-refractivity contribution in [3.05, 3.63) is 144 Å². The monoisotopic (exact) mass is 631 g/mol. The van der Waals surface area contributed by atoms with Crippen LogP contribution in [0.4, 0.5) is 0 Å². The summed E-state index contributed by atoms with van der Waals surface area (Å²) in [6.45, 7) is 4.66. The van der Waals surface area contributed by atoms with Crippen LogP contribution in [-0.2, 0) is 6.42 Å². The molecule has 4 heteroatoms. The van der Waals surface area contributed by atoms with Crippen molar-refractivity contribution in [1.29, 1.82) is 5.26 Å². The van der Waals surface area contributed by atoms with Gasteiger partial charge < -0.3 is 13.6 Å². The molecule has 49 heavy (non-hydrogen) atoms. The van der Waals surface area contributed by atoms with Crippen LogP contribution < -0.4 is 0 Å². The number of benzene rings is 5. The lowest BCUT2D eigenvalue weighted by molar-refractivity contribution is 0.669. The first-order valence-electron chi connectivity index (χ1n) is 17.2. The Balaban J connectivity index is 1.14. The molecule has 10 rings (SSSR count). The topological polar surface area (TPSA) is 46.8 Å². The van der Waals surface area contributed by atoms with E-state index in [0.29, 0.717) is 17.4 Å². The summed E-state index contributed by atoms with van der Waals surface area (Å²) in [6.07, 6.45) is 11.6. The lowest BCUT2D eigenvalue weighted by Crippen LogP contribution is -2.13. The predicted octanol–water partition coefficient (Wildman–Crippen LogP) is 11.7. The largest absolute Gasteiger partial charge is 0.456 e. The first kappa shape index (κ1) is 28.0. The Morgan fingerprint density at radius 2 is 1.45 bits per heavy atom. The molecule has 0 saturated carbocycles. The summed E-state index contributed by atoms with van der Waals surface area (Å²) in [4.78, 5) is 0. The third-order valence-corrected chi connectivity index (χ3v) is 10.7. The number of hydrogen-bond acceptors (Lipinski definition) is 2. The molecule has 0 fully saturated rings. The van der Waals surface area contributed by atoms with Crippen molar-refractivity contribution in [3.63, 3.8) is 0 Å². The Labute approximate surface area is 284 Å². The molecule has 0 bridgehead atoms. The molecule has 0 saturated heterocycles. The average Bonchev–Trinajstić information content (AvgIpc) is 3.78. The van der Waals surface area contributed by atoms with Crippen LogP contribution in [0.1, 0.15) is 42.7 Å². The predicted molar refractivity (Wildman–Crippen MR) is 203 cm³/mol. The number of nitriles is 1. The van der Waals surface area contributed by atoms with Gasteiger partial charge in [-0.1, -0.05) is 68.5 Å². The standard InChI is InChI=1S/C45H33N3O/c1-27-11-15-31(16-12-27)47-40-9-5-4-8-34(40)37-25-35(28(2)21-43(37)47)30-14-18-42-36(23-30)33-7-3-6-10-41(33)48(42)32-17-20-45-39(24-32)38-22-29(26-46)13-19-44(38)49-45/h3-11,13-20,22-25,27-28H,12,21H2,1-2H3. The van der Waals surface area contributed by atoms with Gasteiger partial charge in [-0.05, 0) is 109 Å². The van der Waals surface area contributed by atoms with Gasteiger partial charge in [-0.15, -0.1) is 0 Å². The van der Waals surface area contributed by atoms with Gasteiger partial charge in [0, 0.05) is 49.6 Å². The number of fused-ring (bicyclic) bond motifs is 9. The molecule has 0 N–H and O–H groups in total. The summed E-state index contributed by atoms with van der Waals surface area (Å²) < 4.78 is 11.0. The molecule has 0 spiro atoms. The maximum Gasteiger partial charge on any atom is 0.135 e. The minimum atomic E-state index is 0.364. The fraction of sp³-hybridized carbons (Fsp3) is 0.133. The van der Waals surface area contributed by atoms with Crippen molar-refractivity contribution in [3.8, 4) is 11.8 Å². The van der Waals surface area contributed by atoms with Crippen molar-refractivity contribution in [1.82, 2.24) is 9.13 Å². The van der Waals surface area contributed by atoms with Gasteiger partial charge in [0.15, 0.2) is 0 Å². The number of nitrogens with zero attached hydrogens (tertiary/aromatic N) is 3. The quantitative estimate of drug-likeness (QED) is 0.195. The zero-order valence-corrected chi connectivity index (χ0v) is 27.4. The fourth-order valence-electron chi connectivity index (χ4n) is 8.33. The van der Waals surface area contributed by atoms with Crippen LogP contribution in [-0.4, -0.2) is 9.13 Å². The third kappa shape index (κ3) is 4.15. The number of rotatable bonds is 3. The van der Waals surface area contributed by atoms with Crippen LogP contribution in [0.2, 0.25) is 0 Å². The lowest BCUT2D eigenvalue weighted by Gasteiger charge is -2.25. The fourth-order valence-corrected chi connectivity index (χ4v) is 8.33. The van der Waals surface area contributed by atoms with E-state index in [1.807, 2.05) is 24.3 Å². The zero-order valence-electron chi connectivity index (χ0n) is 27.4. The molecule has 0 amide bonds. The maximum atomic E-state index is 9.54. The molecule has 5 aromatic carbocycles. The van der Waals surface area contributed by atoms with E-state index in [1.165, 1.54) is 60.8 Å². The van der Waals surface area contributed by atoms with Gasteiger partial charge in [0.1, 0.15) is 11.2 Å². The third-order valence-electron chi connectivity index (χ3n) is 10.7. The summed E-state index contributed by atoms with van der Waals surface area (Å²) >= 11 is 0. The molecule has 2 aliphatic rings. The van der Waals surface area contributed by atoms with Crippen LogP contribution in [0.15, 0.2) is 126 Å². The van der Waals surface area contributed by atoms with Crippen LogP contribution >= 0.6 is 0 Å². The van der Waals surface area contributed by atoms with Crippen LogP contribution in [0.25, 0.3) is 77.7 Å². The molecular formula is C45H33N3O. The number of hydrogen-bond donors (Lipinski definition) is 0. The van der Waals surface area contributed by atoms with Gasteiger partial charge in [0.2, 0.25) is 0 Å². The summed E-state index contributed by atoms with van der Waals surface area (Å²) in [7, 11) is 0. The second-order valence-electron chi connectivity index (χ2n) is 13.8. The average molecular weight is 632 g/mol. The van der Waals surface area contributed by atoms with Crippen molar-refractivity contribution in [2.75, 3.05) is 0 Å². The summed E-state index contributed by atoms with van der Waals surface area (Å²) in [5.41, 5.74) is 13.6. The molecule has 2 aliphatic carbocycles. The van der Waals surface area contributed by atoms with Gasteiger partial charge in [0.25, 0.3) is 0 Å². The first-order valence-corrected chi connectivity index (χ1v) is 17.2. The Kier molecular flexibility index (Phi) is 5.99. The van der Waals surface area contributed by atoms with Gasteiger partial charge in [-0.2, -0.15) is 5.26 Å². The van der Waals surface area contributed by atoms with Crippen LogP contribution in [0, 0.1) is 23.2 Å². The minimum absolute atomic E-state index is 0.364. The van der Waals surface area contributed by atoms with E-state index in [4.69, 9.17) is 4.42 Å². The normalized spacial score (nSPS) is 17.6. The molecule has 8 aromatic rings. The number of para-hydroxylation sites is 2. The zero-order chi connectivity index (χ0) is 32.8. The van der Waals surface area contributed by atoms with Gasteiger partial charge in [-0.3, -0.25) is 0 Å². The lowest BCUT2D eigenvalue weighted by atomic mass is 9.83. The molecule has 0 radical (unpaired) electrons. The van der Waals surface area contributed by atoms with Gasteiger partial charge in [-0.25, -0.2) is 0 Å². The highest BCUT2D eigenvalue weighted by molar-refractivity contribution is 6.12. The molecule has 3 heterocycles. The SMILES string of the molecule is CC1C=CC(n2c3c(c4ccccc42)C=C(c2ccc4c(c2)c2ccccc2n4-c2ccc4oc5ccc(C#N)cc5c4c2)C(C)C3)=CC1. The molecule has 2 atom stereocenters. The highest BCUT2D eigenvalue weighted by Crippen LogP contribution is 2.43. The Morgan fingerprint density at radius 1 is 0.714 bits per heavy atom. The van der Waals surface area contributed by atoms with Crippen molar-refractivity contribution in [2.45, 2.75) is 26.7 Å². The van der Waals surface area contributed by atoms with E-state index in [-0.39, 0.29) is 0 Å². The van der Waals surface area contributed by atoms with E-state index in [2.05, 4.69) is 132 Å². The van der Waals surface area contributed by atoms with Crippen molar-refractivity contribution >= 4 is 72.0 Å². The smallest absolute Gasteiger partial charge is 0.135 e. The van der Waals surface area contributed by atoms with E-state index >= 15 is 0 Å². The number of allylic oxidation sites excluding steroid dienone is 5. The molecule has 234 valence electrons. The number of aromatic nitrogens is 2. The van der Waals surface area contributed by atoms with Crippen LogP contribution in [0.3, 0.4) is 0 Å². The van der Waals surface area contributed by atoms with Gasteiger partial charge >= 0.3 is 0 Å². The highest BCUT2D eigenvalue weighted by atomic mass is 16.3. The summed E-state index contributed by atoms with van der Waals surface area (Å²) in [6, 6.07) is 38.9. The molecule has 4 nitrogen and oxygen atoms in total. The maximum absolute atomic E-state index is 9.54. The number of furan rings is 1.